The molecule has 0 atom stereocenters. The van der Waals surface area contributed by atoms with E-state index < -0.39 is 11.9 Å². The van der Waals surface area contributed by atoms with E-state index in [0.717, 1.165) is 28.3 Å². The average molecular weight is 390 g/mol. The van der Waals surface area contributed by atoms with Gasteiger partial charge in [0.25, 0.3) is 0 Å². The van der Waals surface area contributed by atoms with Gasteiger partial charge in [0.1, 0.15) is 6.61 Å². The second kappa shape index (κ2) is 11.2. The van der Waals surface area contributed by atoms with Crippen molar-refractivity contribution in [2.75, 3.05) is 13.2 Å². The quantitative estimate of drug-likeness (QED) is 0.481. The molecule has 0 heterocycles. The number of aliphatic hydroxyl groups is 1. The van der Waals surface area contributed by atoms with E-state index in [1.807, 2.05) is 66.7 Å². The Labute approximate surface area is 169 Å². The average Bonchev–Trinajstić information content (AvgIpc) is 2.78. The van der Waals surface area contributed by atoms with Crippen molar-refractivity contribution in [1.29, 1.82) is 0 Å². The molecule has 0 fully saturated rings. The van der Waals surface area contributed by atoms with E-state index in [-0.39, 0.29) is 13.2 Å². The minimum absolute atomic E-state index is 0.0465. The van der Waals surface area contributed by atoms with E-state index in [0.29, 0.717) is 5.56 Å². The van der Waals surface area contributed by atoms with E-state index in [4.69, 9.17) is 5.11 Å². The lowest BCUT2D eigenvalue weighted by Crippen LogP contribution is -2.04. The Bertz CT molecular complexity index is 950. The Morgan fingerprint density at radius 3 is 1.90 bits per heavy atom. The molecule has 148 valence electrons. The van der Waals surface area contributed by atoms with Crippen molar-refractivity contribution in [3.05, 3.63) is 97.1 Å². The Kier molecular flexibility index (Phi) is 8.35. The molecule has 29 heavy (non-hydrogen) atoms. The molecular formula is C24H22O5. The number of carboxylic acids is 1. The van der Waals surface area contributed by atoms with Crippen LogP contribution in [0, 0.1) is 0 Å². The third-order valence-corrected chi connectivity index (χ3v) is 3.94. The molecule has 0 saturated carbocycles. The van der Waals surface area contributed by atoms with Crippen molar-refractivity contribution in [2.24, 2.45) is 0 Å². The van der Waals surface area contributed by atoms with Crippen LogP contribution in [0.2, 0.25) is 0 Å². The Balaban J connectivity index is 0.000000321. The highest BCUT2D eigenvalue weighted by Crippen LogP contribution is 2.32. The highest BCUT2D eigenvalue weighted by atomic mass is 16.5. The van der Waals surface area contributed by atoms with Gasteiger partial charge in [0, 0.05) is 6.08 Å². The van der Waals surface area contributed by atoms with Gasteiger partial charge in [-0.05, 0) is 34.4 Å². The first-order chi connectivity index (χ1) is 14.1. The van der Waals surface area contributed by atoms with E-state index >= 15 is 0 Å². The summed E-state index contributed by atoms with van der Waals surface area (Å²) < 4.78 is 4.33. The minimum Gasteiger partial charge on any atom is -0.478 e. The fourth-order valence-electron chi connectivity index (χ4n) is 2.61. The largest absolute Gasteiger partial charge is 0.478 e. The number of rotatable bonds is 6. The van der Waals surface area contributed by atoms with Crippen LogP contribution in [0.5, 0.6) is 0 Å². The number of esters is 1. The molecule has 2 N–H and O–H groups in total. The standard InChI is InChI=1S/C19H14O2.C5H8O3/c20-19(21)16-11-12-17(14-7-3-1-4-8-14)18(13-16)15-9-5-2-6-10-15;1-2-5(7)8-4-3-6/h1-13H,(H,20,21);2,6H,1,3-4H2. The fourth-order valence-corrected chi connectivity index (χ4v) is 2.61. The smallest absolute Gasteiger partial charge is 0.335 e. The van der Waals surface area contributed by atoms with Crippen molar-refractivity contribution in [1.82, 2.24) is 0 Å². The predicted molar refractivity (Wildman–Crippen MR) is 113 cm³/mol. The minimum atomic E-state index is -0.910. The molecule has 3 rings (SSSR count). The van der Waals surface area contributed by atoms with Gasteiger partial charge in [0.05, 0.1) is 12.2 Å². The number of carbonyl (C=O) groups excluding carboxylic acids is 1. The van der Waals surface area contributed by atoms with Crippen molar-refractivity contribution in [3.63, 3.8) is 0 Å². The summed E-state index contributed by atoms with van der Waals surface area (Å²) in [6.07, 6.45) is 1.05. The van der Waals surface area contributed by atoms with Crippen molar-refractivity contribution >= 4 is 11.9 Å². The SMILES string of the molecule is C=CC(=O)OCCO.O=C(O)c1ccc(-c2ccccc2)c(-c2ccccc2)c1. The number of hydrogen-bond acceptors (Lipinski definition) is 4. The summed E-state index contributed by atoms with van der Waals surface area (Å²) in [5.74, 6) is -1.41. The topological polar surface area (TPSA) is 83.8 Å². The number of hydrogen-bond donors (Lipinski definition) is 2. The zero-order chi connectivity index (χ0) is 21.1. The molecule has 3 aromatic carbocycles. The summed E-state index contributed by atoms with van der Waals surface area (Å²) in [5, 5.41) is 17.3. The normalized spacial score (nSPS) is 9.69. The second-order valence-corrected chi connectivity index (χ2v) is 5.89. The van der Waals surface area contributed by atoms with Crippen molar-refractivity contribution < 1.29 is 24.5 Å². The van der Waals surface area contributed by atoms with E-state index in [2.05, 4.69) is 11.3 Å². The summed E-state index contributed by atoms with van der Waals surface area (Å²) in [6.45, 7) is 3.06. The third-order valence-electron chi connectivity index (χ3n) is 3.94. The molecule has 0 spiro atoms. The lowest BCUT2D eigenvalue weighted by Gasteiger charge is -2.11. The summed E-state index contributed by atoms with van der Waals surface area (Å²) in [5.41, 5.74) is 4.36. The van der Waals surface area contributed by atoms with Crippen LogP contribution < -0.4 is 0 Å². The molecule has 5 nitrogen and oxygen atoms in total. The molecule has 0 saturated heterocycles. The molecule has 0 unspecified atom stereocenters. The van der Waals surface area contributed by atoms with Gasteiger partial charge in [0.2, 0.25) is 0 Å². The molecule has 0 aliphatic heterocycles. The molecule has 0 aliphatic rings. The van der Waals surface area contributed by atoms with Gasteiger partial charge in [-0.15, -0.1) is 0 Å². The van der Waals surface area contributed by atoms with Gasteiger partial charge in [-0.25, -0.2) is 9.59 Å². The van der Waals surface area contributed by atoms with Crippen LogP contribution in [0.15, 0.2) is 91.5 Å². The molecule has 3 aromatic rings. The van der Waals surface area contributed by atoms with Gasteiger partial charge in [-0.2, -0.15) is 0 Å². The third kappa shape index (κ3) is 6.45. The second-order valence-electron chi connectivity index (χ2n) is 5.89. The lowest BCUT2D eigenvalue weighted by molar-refractivity contribution is -0.138. The summed E-state index contributed by atoms with van der Waals surface area (Å²) in [4.78, 5) is 21.4. The first kappa shape index (κ1) is 21.6. The predicted octanol–water partition coefficient (Wildman–Crippen LogP) is 4.43. The number of benzene rings is 3. The Hall–Kier alpha value is -3.70. The lowest BCUT2D eigenvalue weighted by atomic mass is 9.93. The highest BCUT2D eigenvalue weighted by Gasteiger charge is 2.11. The van der Waals surface area contributed by atoms with Crippen molar-refractivity contribution in [3.8, 4) is 22.3 Å². The maximum Gasteiger partial charge on any atom is 0.335 e. The zero-order valence-electron chi connectivity index (χ0n) is 15.8. The molecule has 0 aromatic heterocycles. The monoisotopic (exact) mass is 390 g/mol. The van der Waals surface area contributed by atoms with Crippen LogP contribution >= 0.6 is 0 Å². The molecular weight excluding hydrogens is 368 g/mol. The zero-order valence-corrected chi connectivity index (χ0v) is 15.8. The maximum atomic E-state index is 11.2. The summed E-state index contributed by atoms with van der Waals surface area (Å²) in [7, 11) is 0. The van der Waals surface area contributed by atoms with Gasteiger partial charge >= 0.3 is 11.9 Å². The van der Waals surface area contributed by atoms with Crippen LogP contribution in [0.1, 0.15) is 10.4 Å². The highest BCUT2D eigenvalue weighted by molar-refractivity contribution is 5.93. The van der Waals surface area contributed by atoms with Gasteiger partial charge in [0.15, 0.2) is 0 Å². The molecule has 0 radical (unpaired) electrons. The summed E-state index contributed by atoms with van der Waals surface area (Å²) >= 11 is 0. The summed E-state index contributed by atoms with van der Waals surface area (Å²) in [6, 6.07) is 25.1. The van der Waals surface area contributed by atoms with E-state index in [9.17, 15) is 14.7 Å². The number of carbonyl (C=O) groups is 2. The number of aliphatic hydroxyl groups excluding tert-OH is 1. The number of ether oxygens (including phenoxy) is 1. The van der Waals surface area contributed by atoms with Crippen molar-refractivity contribution in [2.45, 2.75) is 0 Å². The molecule has 5 heteroatoms. The van der Waals surface area contributed by atoms with Crippen LogP contribution in [-0.4, -0.2) is 35.4 Å². The molecule has 0 amide bonds. The van der Waals surface area contributed by atoms with Crippen LogP contribution in [0.4, 0.5) is 0 Å². The Morgan fingerprint density at radius 1 is 0.862 bits per heavy atom. The molecule has 0 aliphatic carbocycles. The number of aromatic carboxylic acids is 1. The van der Waals surface area contributed by atoms with E-state index in [1.165, 1.54) is 0 Å². The maximum absolute atomic E-state index is 11.2. The fraction of sp³-hybridized carbons (Fsp3) is 0.0833. The van der Waals surface area contributed by atoms with E-state index in [1.54, 1.807) is 12.1 Å². The van der Waals surface area contributed by atoms with Crippen LogP contribution in [-0.2, 0) is 9.53 Å². The van der Waals surface area contributed by atoms with Crippen LogP contribution in [0.25, 0.3) is 22.3 Å². The molecule has 0 bridgehead atoms. The Morgan fingerprint density at radius 2 is 1.41 bits per heavy atom. The first-order valence-electron chi connectivity index (χ1n) is 8.95. The van der Waals surface area contributed by atoms with Gasteiger partial charge in [-0.3, -0.25) is 0 Å². The first-order valence-corrected chi connectivity index (χ1v) is 8.95. The van der Waals surface area contributed by atoms with Gasteiger partial charge < -0.3 is 14.9 Å². The van der Waals surface area contributed by atoms with Gasteiger partial charge in [-0.1, -0.05) is 73.3 Å². The van der Waals surface area contributed by atoms with Crippen LogP contribution in [0.3, 0.4) is 0 Å². The number of carboxylic acid groups (broad SMARTS) is 1.